The fourth-order valence-corrected chi connectivity index (χ4v) is 5.02. The van der Waals surface area contributed by atoms with E-state index in [0.717, 1.165) is 34.9 Å². The minimum atomic E-state index is -0.132. The summed E-state index contributed by atoms with van der Waals surface area (Å²) in [5.74, 6) is 0.914. The SMILES string of the molecule is COc1ccc2ccccc2c1CNC(=O)[C@@H]1CCC(=O)N(C2CCCCCC2)C1. The molecule has 1 atom stereocenters. The molecule has 1 heterocycles. The lowest BCUT2D eigenvalue weighted by Gasteiger charge is -2.37. The van der Waals surface area contributed by atoms with Gasteiger partial charge in [-0.25, -0.2) is 0 Å². The van der Waals surface area contributed by atoms with Crippen LogP contribution in [0.5, 0.6) is 5.75 Å². The maximum Gasteiger partial charge on any atom is 0.225 e. The lowest BCUT2D eigenvalue weighted by molar-refractivity contribution is -0.141. The smallest absolute Gasteiger partial charge is 0.225 e. The van der Waals surface area contributed by atoms with E-state index in [4.69, 9.17) is 4.74 Å². The van der Waals surface area contributed by atoms with E-state index in [0.29, 0.717) is 32.0 Å². The van der Waals surface area contributed by atoms with Crippen LogP contribution in [0.2, 0.25) is 0 Å². The van der Waals surface area contributed by atoms with Gasteiger partial charge in [-0.2, -0.15) is 0 Å². The van der Waals surface area contributed by atoms with Gasteiger partial charge in [0.15, 0.2) is 0 Å². The van der Waals surface area contributed by atoms with Crippen LogP contribution in [0.4, 0.5) is 0 Å². The first-order chi connectivity index (χ1) is 14.7. The molecule has 1 aliphatic heterocycles. The zero-order valence-corrected chi connectivity index (χ0v) is 17.9. The Hall–Kier alpha value is -2.56. The molecular weight excluding hydrogens is 376 g/mol. The fraction of sp³-hybridized carbons (Fsp3) is 0.520. The Morgan fingerprint density at radius 1 is 1.07 bits per heavy atom. The first-order valence-electron chi connectivity index (χ1n) is 11.3. The number of benzene rings is 2. The number of carbonyl (C=O) groups is 2. The predicted octanol–water partition coefficient (Wildman–Crippen LogP) is 4.43. The summed E-state index contributed by atoms with van der Waals surface area (Å²) in [6.45, 7) is 0.985. The van der Waals surface area contributed by atoms with Gasteiger partial charge in [0.05, 0.1) is 13.0 Å². The van der Waals surface area contributed by atoms with Gasteiger partial charge >= 0.3 is 0 Å². The van der Waals surface area contributed by atoms with Gasteiger partial charge in [0.25, 0.3) is 0 Å². The second kappa shape index (κ2) is 9.50. The number of rotatable bonds is 5. The first kappa shape index (κ1) is 20.7. The Morgan fingerprint density at radius 3 is 2.60 bits per heavy atom. The molecule has 5 nitrogen and oxygen atoms in total. The molecule has 2 aliphatic rings. The number of methoxy groups -OCH3 is 1. The molecule has 2 amide bonds. The minimum absolute atomic E-state index is 0.0381. The Balaban J connectivity index is 1.44. The Morgan fingerprint density at radius 2 is 1.83 bits per heavy atom. The third kappa shape index (κ3) is 4.45. The van der Waals surface area contributed by atoms with E-state index in [1.165, 1.54) is 25.7 Å². The molecule has 2 fully saturated rings. The summed E-state index contributed by atoms with van der Waals surface area (Å²) in [7, 11) is 1.66. The average molecular weight is 409 g/mol. The van der Waals surface area contributed by atoms with Crippen molar-refractivity contribution in [2.75, 3.05) is 13.7 Å². The fourth-order valence-electron chi connectivity index (χ4n) is 5.02. The highest BCUT2D eigenvalue weighted by Crippen LogP contribution is 2.29. The lowest BCUT2D eigenvalue weighted by atomic mass is 9.93. The Labute approximate surface area is 178 Å². The van der Waals surface area contributed by atoms with Gasteiger partial charge in [-0.3, -0.25) is 9.59 Å². The van der Waals surface area contributed by atoms with E-state index in [2.05, 4.69) is 17.4 Å². The summed E-state index contributed by atoms with van der Waals surface area (Å²) in [6, 6.07) is 12.5. The topological polar surface area (TPSA) is 58.6 Å². The van der Waals surface area contributed by atoms with Crippen LogP contribution in [0.15, 0.2) is 36.4 Å². The number of carbonyl (C=O) groups excluding carboxylic acids is 2. The molecule has 1 aliphatic carbocycles. The van der Waals surface area contributed by atoms with Crippen molar-refractivity contribution in [3.05, 3.63) is 42.0 Å². The molecule has 1 saturated heterocycles. The average Bonchev–Trinajstić information content (AvgIpc) is 3.07. The minimum Gasteiger partial charge on any atom is -0.496 e. The van der Waals surface area contributed by atoms with Crippen molar-refractivity contribution in [3.8, 4) is 5.75 Å². The summed E-state index contributed by atoms with van der Waals surface area (Å²) < 4.78 is 5.55. The van der Waals surface area contributed by atoms with Crippen LogP contribution in [0.1, 0.15) is 56.9 Å². The van der Waals surface area contributed by atoms with E-state index in [1.807, 2.05) is 29.2 Å². The van der Waals surface area contributed by atoms with Crippen molar-refractivity contribution in [2.24, 2.45) is 5.92 Å². The van der Waals surface area contributed by atoms with Crippen LogP contribution in [0, 0.1) is 5.92 Å². The first-order valence-corrected chi connectivity index (χ1v) is 11.3. The van der Waals surface area contributed by atoms with Gasteiger partial charge in [0.2, 0.25) is 11.8 Å². The van der Waals surface area contributed by atoms with Gasteiger partial charge in [-0.05, 0) is 36.1 Å². The molecule has 1 N–H and O–H groups in total. The molecule has 0 unspecified atom stereocenters. The Kier molecular flexibility index (Phi) is 6.56. The van der Waals surface area contributed by atoms with Crippen LogP contribution in [0.3, 0.4) is 0 Å². The lowest BCUT2D eigenvalue weighted by Crippen LogP contribution is -2.49. The molecule has 30 heavy (non-hydrogen) atoms. The zero-order valence-electron chi connectivity index (χ0n) is 17.9. The largest absolute Gasteiger partial charge is 0.496 e. The zero-order chi connectivity index (χ0) is 20.9. The van der Waals surface area contributed by atoms with Crippen molar-refractivity contribution in [2.45, 2.75) is 64.0 Å². The summed E-state index contributed by atoms with van der Waals surface area (Å²) in [6.07, 6.45) is 8.16. The number of fused-ring (bicyclic) bond motifs is 1. The molecule has 4 rings (SSSR count). The van der Waals surface area contributed by atoms with Gasteiger partial charge in [-0.1, -0.05) is 56.0 Å². The van der Waals surface area contributed by atoms with Crippen LogP contribution < -0.4 is 10.1 Å². The Bertz CT molecular complexity index is 902. The number of amides is 2. The highest BCUT2D eigenvalue weighted by molar-refractivity contribution is 5.89. The second-order valence-corrected chi connectivity index (χ2v) is 8.61. The van der Waals surface area contributed by atoms with Crippen LogP contribution in [0.25, 0.3) is 10.8 Å². The van der Waals surface area contributed by atoms with E-state index < -0.39 is 0 Å². The van der Waals surface area contributed by atoms with Crippen molar-refractivity contribution in [3.63, 3.8) is 0 Å². The number of hydrogen-bond donors (Lipinski definition) is 1. The quantitative estimate of drug-likeness (QED) is 0.745. The van der Waals surface area contributed by atoms with Crippen LogP contribution in [-0.4, -0.2) is 36.4 Å². The molecule has 2 aromatic carbocycles. The molecule has 0 bridgehead atoms. The molecule has 160 valence electrons. The number of hydrogen-bond acceptors (Lipinski definition) is 3. The van der Waals surface area contributed by atoms with E-state index in [-0.39, 0.29) is 17.7 Å². The van der Waals surface area contributed by atoms with Crippen molar-refractivity contribution in [1.82, 2.24) is 10.2 Å². The van der Waals surface area contributed by atoms with Gasteiger partial charge in [0.1, 0.15) is 5.75 Å². The number of likely N-dealkylation sites (tertiary alicyclic amines) is 1. The van der Waals surface area contributed by atoms with Crippen LogP contribution >= 0.6 is 0 Å². The number of piperidine rings is 1. The van der Waals surface area contributed by atoms with Crippen LogP contribution in [-0.2, 0) is 16.1 Å². The maximum absolute atomic E-state index is 13.0. The second-order valence-electron chi connectivity index (χ2n) is 8.61. The van der Waals surface area contributed by atoms with Crippen molar-refractivity contribution in [1.29, 1.82) is 0 Å². The van der Waals surface area contributed by atoms with Gasteiger partial charge in [0, 0.05) is 31.1 Å². The summed E-state index contributed by atoms with van der Waals surface area (Å²) in [5.41, 5.74) is 0.997. The molecule has 0 aromatic heterocycles. The number of ether oxygens (including phenoxy) is 1. The van der Waals surface area contributed by atoms with Gasteiger partial charge in [-0.15, -0.1) is 0 Å². The van der Waals surface area contributed by atoms with Crippen molar-refractivity contribution < 1.29 is 14.3 Å². The van der Waals surface area contributed by atoms with Crippen molar-refractivity contribution >= 4 is 22.6 Å². The molecule has 2 aromatic rings. The van der Waals surface area contributed by atoms with E-state index in [1.54, 1.807) is 7.11 Å². The van der Waals surface area contributed by atoms with E-state index in [9.17, 15) is 9.59 Å². The molecule has 5 heteroatoms. The monoisotopic (exact) mass is 408 g/mol. The van der Waals surface area contributed by atoms with E-state index >= 15 is 0 Å². The highest BCUT2D eigenvalue weighted by Gasteiger charge is 2.34. The summed E-state index contributed by atoms with van der Waals surface area (Å²) in [5, 5.41) is 5.35. The standard InChI is InChI=1S/C25H32N2O3/c1-30-23-14-12-18-8-6-7-11-21(18)22(23)16-26-25(29)19-13-15-24(28)27(17-19)20-9-4-2-3-5-10-20/h6-8,11-12,14,19-20H,2-5,9-10,13,15-17H2,1H3,(H,26,29)/t19-/m1/s1. The maximum atomic E-state index is 13.0. The molecular formula is C25H32N2O3. The van der Waals surface area contributed by atoms with Gasteiger partial charge < -0.3 is 15.0 Å². The third-order valence-electron chi connectivity index (χ3n) is 6.74. The molecule has 0 radical (unpaired) electrons. The highest BCUT2D eigenvalue weighted by atomic mass is 16.5. The predicted molar refractivity (Wildman–Crippen MR) is 118 cm³/mol. The third-order valence-corrected chi connectivity index (χ3v) is 6.74. The summed E-state index contributed by atoms with van der Waals surface area (Å²) in [4.78, 5) is 27.6. The summed E-state index contributed by atoms with van der Waals surface area (Å²) >= 11 is 0. The molecule has 1 saturated carbocycles. The number of nitrogens with zero attached hydrogens (tertiary/aromatic N) is 1. The normalized spacial score (nSPS) is 20.8. The molecule has 0 spiro atoms. The number of nitrogens with one attached hydrogen (secondary N) is 1.